The Morgan fingerprint density at radius 1 is 1.33 bits per heavy atom. The summed E-state index contributed by atoms with van der Waals surface area (Å²) in [4.78, 5) is 19.6. The molecule has 1 N–H and O–H groups in total. The van der Waals surface area contributed by atoms with Crippen molar-refractivity contribution in [3.8, 4) is 0 Å². The number of carbonyl (C=O) groups is 1. The Bertz CT molecular complexity index is 602. The molecule has 116 valence electrons. The smallest absolute Gasteiger partial charge is 0.308 e. The molecule has 0 aliphatic heterocycles. The highest BCUT2D eigenvalue weighted by atomic mass is 16.5. The first-order valence-corrected chi connectivity index (χ1v) is 7.64. The van der Waals surface area contributed by atoms with Crippen LogP contribution in [0.3, 0.4) is 0 Å². The molecule has 2 rings (SSSR count). The normalized spacial score (nSPS) is 11.7. The van der Waals surface area contributed by atoms with Crippen LogP contribution in [0.15, 0.2) is 12.1 Å². The number of carbonyl (C=O) groups excluding carboxylic acids is 1. The largest absolute Gasteiger partial charge is 0.466 e. The number of aryl methyl sites for hydroxylation is 2. The third-order valence-corrected chi connectivity index (χ3v) is 3.29. The molecule has 0 aromatic carbocycles. The van der Waals surface area contributed by atoms with E-state index in [0.29, 0.717) is 13.0 Å². The van der Waals surface area contributed by atoms with Crippen LogP contribution in [0.25, 0.3) is 11.0 Å². The van der Waals surface area contributed by atoms with Crippen LogP contribution in [-0.2, 0) is 16.0 Å². The molecule has 0 spiro atoms. The van der Waals surface area contributed by atoms with Gasteiger partial charge in [-0.2, -0.15) is 0 Å². The van der Waals surface area contributed by atoms with Gasteiger partial charge >= 0.3 is 5.97 Å². The van der Waals surface area contributed by atoms with Crippen molar-refractivity contribution in [2.45, 2.75) is 48.0 Å². The van der Waals surface area contributed by atoms with Crippen LogP contribution in [0.5, 0.6) is 0 Å². The molecular weight excluding hydrogens is 264 g/mol. The van der Waals surface area contributed by atoms with Gasteiger partial charge in [-0.3, -0.25) is 9.78 Å². The predicted molar refractivity (Wildman–Crippen MR) is 86.4 cm³/mol. The molecular formula is C17H26N2O2. The number of ether oxygens (including phenoxy) is 1. The fourth-order valence-electron chi connectivity index (χ4n) is 2.27. The number of nitrogens with zero attached hydrogens (tertiary/aromatic N) is 1. The molecule has 0 aliphatic carbocycles. The molecule has 2 aromatic rings. The lowest BCUT2D eigenvalue weighted by molar-refractivity contribution is -0.147. The van der Waals surface area contributed by atoms with Crippen LogP contribution in [0, 0.1) is 19.8 Å². The van der Waals surface area contributed by atoms with Gasteiger partial charge in [0.15, 0.2) is 0 Å². The zero-order chi connectivity index (χ0) is 16.0. The van der Waals surface area contributed by atoms with Gasteiger partial charge in [0.1, 0.15) is 0 Å². The summed E-state index contributed by atoms with van der Waals surface area (Å²) in [5.74, 6) is -0.302. The molecule has 0 amide bonds. The van der Waals surface area contributed by atoms with Crippen LogP contribution >= 0.6 is 0 Å². The maximum absolute atomic E-state index is 11.7. The summed E-state index contributed by atoms with van der Waals surface area (Å²) in [6.45, 7) is 12.1. The number of nitrogens with one attached hydrogen (secondary N) is 1. The monoisotopic (exact) mass is 290 g/mol. The van der Waals surface area contributed by atoms with E-state index in [4.69, 9.17) is 4.74 Å². The second-order valence-corrected chi connectivity index (χ2v) is 4.93. The summed E-state index contributed by atoms with van der Waals surface area (Å²) >= 11 is 0. The molecule has 0 saturated heterocycles. The molecule has 1 unspecified atom stereocenters. The standard InChI is InChI=1S/C15H20N2O2.C2H6/c1-5-19-15(18)9(2)8-12-11(4)17-13-7-6-10(3)16-14(12)13;1-2/h6-7,9,17H,5,8H2,1-4H3;1-2H3. The van der Waals surface area contributed by atoms with Crippen LogP contribution in [0.2, 0.25) is 0 Å². The van der Waals surface area contributed by atoms with Gasteiger partial charge in [-0.05, 0) is 44.9 Å². The van der Waals surface area contributed by atoms with Crippen molar-refractivity contribution in [2.75, 3.05) is 6.61 Å². The van der Waals surface area contributed by atoms with Gasteiger partial charge in [-0.25, -0.2) is 0 Å². The highest BCUT2D eigenvalue weighted by Gasteiger charge is 2.19. The predicted octanol–water partition coefficient (Wildman–Crippen LogP) is 3.95. The highest BCUT2D eigenvalue weighted by molar-refractivity contribution is 5.82. The van der Waals surface area contributed by atoms with Crippen LogP contribution < -0.4 is 0 Å². The Kier molecular flexibility index (Phi) is 6.40. The Labute approximate surface area is 126 Å². The van der Waals surface area contributed by atoms with E-state index >= 15 is 0 Å². The van der Waals surface area contributed by atoms with Gasteiger partial charge < -0.3 is 9.72 Å². The highest BCUT2D eigenvalue weighted by Crippen LogP contribution is 2.23. The van der Waals surface area contributed by atoms with Gasteiger partial charge in [0.05, 0.1) is 23.6 Å². The first-order chi connectivity index (χ1) is 10.0. The Morgan fingerprint density at radius 3 is 2.62 bits per heavy atom. The first-order valence-electron chi connectivity index (χ1n) is 7.64. The lowest BCUT2D eigenvalue weighted by Gasteiger charge is -2.10. The minimum atomic E-state index is -0.153. The molecule has 1 atom stereocenters. The quantitative estimate of drug-likeness (QED) is 0.867. The number of pyridine rings is 1. The summed E-state index contributed by atoms with van der Waals surface area (Å²) in [6.07, 6.45) is 0.654. The van der Waals surface area contributed by atoms with E-state index in [2.05, 4.69) is 9.97 Å². The number of rotatable bonds is 4. The average Bonchev–Trinajstić information content (AvgIpc) is 2.77. The van der Waals surface area contributed by atoms with E-state index in [9.17, 15) is 4.79 Å². The topological polar surface area (TPSA) is 55.0 Å². The van der Waals surface area contributed by atoms with Crippen molar-refractivity contribution in [2.24, 2.45) is 5.92 Å². The molecule has 4 nitrogen and oxygen atoms in total. The Balaban J connectivity index is 0.00000106. The second kappa shape index (κ2) is 7.81. The van der Waals surface area contributed by atoms with E-state index in [1.54, 1.807) is 0 Å². The third kappa shape index (κ3) is 4.06. The fourth-order valence-corrected chi connectivity index (χ4v) is 2.27. The summed E-state index contributed by atoms with van der Waals surface area (Å²) in [7, 11) is 0. The Morgan fingerprint density at radius 2 is 2.00 bits per heavy atom. The molecule has 2 heterocycles. The number of H-pyrrole nitrogens is 1. The van der Waals surface area contributed by atoms with Crippen molar-refractivity contribution in [1.29, 1.82) is 0 Å². The summed E-state index contributed by atoms with van der Waals surface area (Å²) in [5.41, 5.74) is 5.16. The number of hydrogen-bond donors (Lipinski definition) is 1. The summed E-state index contributed by atoms with van der Waals surface area (Å²) < 4.78 is 5.06. The Hall–Kier alpha value is -1.84. The number of fused-ring (bicyclic) bond motifs is 1. The zero-order valence-electron chi connectivity index (χ0n) is 13.9. The van der Waals surface area contributed by atoms with Gasteiger partial charge in [0, 0.05) is 11.4 Å². The second-order valence-electron chi connectivity index (χ2n) is 4.93. The van der Waals surface area contributed by atoms with Crippen LogP contribution in [0.4, 0.5) is 0 Å². The van der Waals surface area contributed by atoms with Gasteiger partial charge in [0.2, 0.25) is 0 Å². The average molecular weight is 290 g/mol. The molecule has 0 fully saturated rings. The molecule has 21 heavy (non-hydrogen) atoms. The lowest BCUT2D eigenvalue weighted by Crippen LogP contribution is -2.17. The molecule has 0 aliphatic rings. The minimum absolute atomic E-state index is 0.149. The zero-order valence-corrected chi connectivity index (χ0v) is 13.9. The van der Waals surface area contributed by atoms with Gasteiger partial charge in [-0.15, -0.1) is 0 Å². The maximum Gasteiger partial charge on any atom is 0.308 e. The van der Waals surface area contributed by atoms with Crippen molar-refractivity contribution in [3.63, 3.8) is 0 Å². The molecule has 2 aromatic heterocycles. The van der Waals surface area contributed by atoms with Crippen LogP contribution in [-0.4, -0.2) is 22.5 Å². The number of esters is 1. The summed E-state index contributed by atoms with van der Waals surface area (Å²) in [6, 6.07) is 4.01. The molecule has 0 bridgehead atoms. The first kappa shape index (κ1) is 17.2. The van der Waals surface area contributed by atoms with Crippen molar-refractivity contribution < 1.29 is 9.53 Å². The van der Waals surface area contributed by atoms with E-state index in [1.807, 2.05) is 53.7 Å². The van der Waals surface area contributed by atoms with E-state index in [1.165, 1.54) is 0 Å². The third-order valence-electron chi connectivity index (χ3n) is 3.29. The van der Waals surface area contributed by atoms with Gasteiger partial charge in [0.25, 0.3) is 0 Å². The lowest BCUT2D eigenvalue weighted by atomic mass is 10.0. The minimum Gasteiger partial charge on any atom is -0.466 e. The number of aromatic nitrogens is 2. The van der Waals surface area contributed by atoms with Crippen molar-refractivity contribution in [1.82, 2.24) is 9.97 Å². The van der Waals surface area contributed by atoms with E-state index in [-0.39, 0.29) is 11.9 Å². The van der Waals surface area contributed by atoms with Crippen molar-refractivity contribution >= 4 is 17.0 Å². The molecule has 4 heteroatoms. The number of aromatic amines is 1. The van der Waals surface area contributed by atoms with E-state index in [0.717, 1.165) is 28.0 Å². The number of hydrogen-bond acceptors (Lipinski definition) is 3. The van der Waals surface area contributed by atoms with Crippen molar-refractivity contribution in [3.05, 3.63) is 29.1 Å². The van der Waals surface area contributed by atoms with Crippen LogP contribution in [0.1, 0.15) is 44.6 Å². The summed E-state index contributed by atoms with van der Waals surface area (Å²) in [5, 5.41) is 0. The SMILES string of the molecule is CC.CCOC(=O)C(C)Cc1c(C)[nH]c2ccc(C)nc12. The van der Waals surface area contributed by atoms with Gasteiger partial charge in [-0.1, -0.05) is 20.8 Å². The van der Waals surface area contributed by atoms with E-state index < -0.39 is 0 Å². The molecule has 0 saturated carbocycles. The molecule has 0 radical (unpaired) electrons. The fraction of sp³-hybridized carbons (Fsp3) is 0.529. The maximum atomic E-state index is 11.7.